The summed E-state index contributed by atoms with van der Waals surface area (Å²) in [6.45, 7) is 7.18. The number of aliphatic hydroxyl groups is 1. The van der Waals surface area contributed by atoms with Gasteiger partial charge in [-0.15, -0.1) is 0 Å². The van der Waals surface area contributed by atoms with Gasteiger partial charge >= 0.3 is 5.97 Å². The van der Waals surface area contributed by atoms with Gasteiger partial charge < -0.3 is 10.2 Å². The van der Waals surface area contributed by atoms with Crippen molar-refractivity contribution in [2.24, 2.45) is 34.5 Å². The van der Waals surface area contributed by atoms with E-state index in [4.69, 9.17) is 5.11 Å². The number of hydrogen-bond acceptors (Lipinski definition) is 2. The van der Waals surface area contributed by atoms with Crippen LogP contribution in [0.4, 0.5) is 0 Å². The maximum absolute atomic E-state index is 11.0. The monoisotopic (exact) mass is 372 g/mol. The Bertz CT molecular complexity index is 677. The molecule has 150 valence electrons. The molecule has 2 N–H and O–H groups in total. The van der Waals surface area contributed by atoms with E-state index in [-0.39, 0.29) is 17.9 Å². The molecule has 3 heteroatoms. The molecule has 3 nitrogen and oxygen atoms in total. The van der Waals surface area contributed by atoms with Crippen molar-refractivity contribution in [3.05, 3.63) is 23.3 Å². The second-order valence-electron chi connectivity index (χ2n) is 10.3. The fraction of sp³-hybridized carbons (Fsp3) is 0.792. The van der Waals surface area contributed by atoms with Crippen molar-refractivity contribution in [1.29, 1.82) is 0 Å². The van der Waals surface area contributed by atoms with Crippen LogP contribution in [0.5, 0.6) is 0 Å². The van der Waals surface area contributed by atoms with Crippen LogP contribution in [-0.4, -0.2) is 22.3 Å². The number of carboxylic acids is 1. The highest BCUT2D eigenvalue weighted by Crippen LogP contribution is 2.65. The molecule has 1 unspecified atom stereocenters. The summed E-state index contributed by atoms with van der Waals surface area (Å²) in [5.41, 5.74) is 3.63. The van der Waals surface area contributed by atoms with Crippen molar-refractivity contribution in [2.45, 2.75) is 84.7 Å². The van der Waals surface area contributed by atoms with Crippen LogP contribution in [0.2, 0.25) is 0 Å². The quantitative estimate of drug-likeness (QED) is 0.654. The van der Waals surface area contributed by atoms with Gasteiger partial charge in [0.15, 0.2) is 0 Å². The number of rotatable bonds is 4. The highest BCUT2D eigenvalue weighted by atomic mass is 16.4. The predicted octanol–water partition coefficient (Wildman–Crippen LogP) is 5.35. The fourth-order valence-electron chi connectivity index (χ4n) is 7.50. The van der Waals surface area contributed by atoms with E-state index >= 15 is 0 Å². The lowest BCUT2D eigenvalue weighted by Gasteiger charge is -2.58. The minimum atomic E-state index is -0.678. The maximum atomic E-state index is 11.0. The van der Waals surface area contributed by atoms with Crippen LogP contribution in [-0.2, 0) is 4.79 Å². The molecule has 0 aromatic rings. The Balaban J connectivity index is 1.55. The average molecular weight is 373 g/mol. The number of aliphatic hydroxyl groups excluding tert-OH is 1. The molecule has 7 atom stereocenters. The first kappa shape index (κ1) is 19.2. The van der Waals surface area contributed by atoms with Gasteiger partial charge in [-0.25, -0.2) is 0 Å². The van der Waals surface area contributed by atoms with Crippen LogP contribution in [0.15, 0.2) is 23.3 Å². The SMILES string of the molecule is CC(CCC(=O)O)C1=CC[C@H]2[C@@H]3CC=C4C[C@@H](O)CC[C@]4(C)[C@H]3CC[C@]12C. The van der Waals surface area contributed by atoms with Gasteiger partial charge in [0, 0.05) is 6.42 Å². The van der Waals surface area contributed by atoms with Crippen molar-refractivity contribution in [1.82, 2.24) is 0 Å². The van der Waals surface area contributed by atoms with Crippen molar-refractivity contribution in [2.75, 3.05) is 0 Å². The third-order valence-corrected chi connectivity index (χ3v) is 9.04. The van der Waals surface area contributed by atoms with E-state index in [0.717, 1.165) is 37.5 Å². The fourth-order valence-corrected chi connectivity index (χ4v) is 7.50. The molecule has 0 aliphatic heterocycles. The Kier molecular flexibility index (Phi) is 4.81. The molecule has 0 radical (unpaired) electrons. The zero-order valence-electron chi connectivity index (χ0n) is 17.2. The van der Waals surface area contributed by atoms with Crippen LogP contribution in [0, 0.1) is 34.5 Å². The van der Waals surface area contributed by atoms with Crippen molar-refractivity contribution >= 4 is 5.97 Å². The summed E-state index contributed by atoms with van der Waals surface area (Å²) in [5.74, 6) is 1.91. The molecule has 0 aromatic heterocycles. The van der Waals surface area contributed by atoms with Gasteiger partial charge in [-0.3, -0.25) is 4.79 Å². The molecule has 0 bridgehead atoms. The van der Waals surface area contributed by atoms with E-state index in [9.17, 15) is 9.90 Å². The first-order valence-electron chi connectivity index (χ1n) is 11.1. The number of allylic oxidation sites excluding steroid dienone is 3. The van der Waals surface area contributed by atoms with Crippen LogP contribution < -0.4 is 0 Å². The smallest absolute Gasteiger partial charge is 0.303 e. The van der Waals surface area contributed by atoms with E-state index in [0.29, 0.717) is 17.3 Å². The van der Waals surface area contributed by atoms with Gasteiger partial charge in [0.1, 0.15) is 0 Å². The highest BCUT2D eigenvalue weighted by Gasteiger charge is 2.56. The Hall–Kier alpha value is -1.09. The maximum Gasteiger partial charge on any atom is 0.303 e. The van der Waals surface area contributed by atoms with E-state index in [1.165, 1.54) is 31.3 Å². The highest BCUT2D eigenvalue weighted by molar-refractivity contribution is 5.66. The van der Waals surface area contributed by atoms with E-state index in [1.807, 2.05) is 0 Å². The molecule has 0 spiro atoms. The molecule has 4 aliphatic carbocycles. The second-order valence-corrected chi connectivity index (χ2v) is 10.3. The molecular weight excluding hydrogens is 336 g/mol. The normalized spacial score (nSPS) is 44.4. The third-order valence-electron chi connectivity index (χ3n) is 9.04. The lowest BCUT2D eigenvalue weighted by molar-refractivity contribution is -0.137. The molecule has 0 aromatic carbocycles. The lowest BCUT2D eigenvalue weighted by Crippen LogP contribution is -2.50. The van der Waals surface area contributed by atoms with Gasteiger partial charge in [-0.2, -0.15) is 0 Å². The van der Waals surface area contributed by atoms with Crippen molar-refractivity contribution < 1.29 is 15.0 Å². The number of carbonyl (C=O) groups is 1. The number of fused-ring (bicyclic) bond motifs is 5. The zero-order chi connectivity index (χ0) is 19.4. The van der Waals surface area contributed by atoms with E-state index < -0.39 is 5.97 Å². The Morgan fingerprint density at radius 3 is 2.63 bits per heavy atom. The summed E-state index contributed by atoms with van der Waals surface area (Å²) < 4.78 is 0. The van der Waals surface area contributed by atoms with Gasteiger partial charge in [-0.05, 0) is 85.9 Å². The minimum absolute atomic E-state index is 0.135. The first-order chi connectivity index (χ1) is 12.8. The largest absolute Gasteiger partial charge is 0.481 e. The third kappa shape index (κ3) is 3.01. The average Bonchev–Trinajstić information content (AvgIpc) is 2.97. The summed E-state index contributed by atoms with van der Waals surface area (Å²) in [5, 5.41) is 19.2. The molecule has 2 saturated carbocycles. The second kappa shape index (κ2) is 6.76. The summed E-state index contributed by atoms with van der Waals surface area (Å²) in [6, 6.07) is 0. The van der Waals surface area contributed by atoms with E-state index in [1.54, 1.807) is 5.57 Å². The Labute approximate surface area is 163 Å². The van der Waals surface area contributed by atoms with Crippen molar-refractivity contribution in [3.8, 4) is 0 Å². The zero-order valence-corrected chi connectivity index (χ0v) is 17.2. The van der Waals surface area contributed by atoms with Crippen LogP contribution in [0.3, 0.4) is 0 Å². The summed E-state index contributed by atoms with van der Waals surface area (Å²) in [7, 11) is 0. The first-order valence-corrected chi connectivity index (χ1v) is 11.1. The molecule has 0 saturated heterocycles. The molecule has 0 amide bonds. The standard InChI is InChI=1S/C24H36O3/c1-15(4-9-22(26)27)19-7-8-20-18-6-5-16-14-17(25)10-12-23(16,2)21(18)11-13-24(19,20)3/h5,7,15,17-18,20-21,25H,4,6,8-14H2,1-3H3,(H,26,27)/t15?,17-,18-,20-,21-,23-,24+/m0/s1. The molecule has 4 rings (SSSR count). The van der Waals surface area contributed by atoms with E-state index in [2.05, 4.69) is 32.9 Å². The number of aliphatic carboxylic acids is 1. The Morgan fingerprint density at radius 1 is 1.15 bits per heavy atom. The van der Waals surface area contributed by atoms with Crippen LogP contribution in [0.1, 0.15) is 78.6 Å². The minimum Gasteiger partial charge on any atom is -0.481 e. The van der Waals surface area contributed by atoms with Crippen LogP contribution in [0.25, 0.3) is 0 Å². The van der Waals surface area contributed by atoms with Gasteiger partial charge in [0.2, 0.25) is 0 Å². The molecule has 4 aliphatic rings. The predicted molar refractivity (Wildman–Crippen MR) is 107 cm³/mol. The lowest BCUT2D eigenvalue weighted by atomic mass is 9.47. The number of carboxylic acid groups (broad SMARTS) is 1. The molecule has 0 heterocycles. The van der Waals surface area contributed by atoms with Crippen molar-refractivity contribution in [3.63, 3.8) is 0 Å². The van der Waals surface area contributed by atoms with Gasteiger partial charge in [0.05, 0.1) is 6.10 Å². The molecule has 27 heavy (non-hydrogen) atoms. The van der Waals surface area contributed by atoms with Gasteiger partial charge in [-0.1, -0.05) is 44.1 Å². The van der Waals surface area contributed by atoms with Crippen LogP contribution >= 0.6 is 0 Å². The number of hydrogen-bond donors (Lipinski definition) is 2. The Morgan fingerprint density at radius 2 is 1.89 bits per heavy atom. The van der Waals surface area contributed by atoms with Gasteiger partial charge in [0.25, 0.3) is 0 Å². The molecular formula is C24H36O3. The molecule has 2 fully saturated rings. The summed E-state index contributed by atoms with van der Waals surface area (Å²) >= 11 is 0. The summed E-state index contributed by atoms with van der Waals surface area (Å²) in [4.78, 5) is 11.0. The summed E-state index contributed by atoms with van der Waals surface area (Å²) in [6.07, 6.45) is 13.7. The topological polar surface area (TPSA) is 57.5 Å².